The molecule has 2 saturated heterocycles. The van der Waals surface area contributed by atoms with Crippen molar-refractivity contribution >= 4 is 19.7 Å². The molecule has 4 bridgehead atoms. The lowest BCUT2D eigenvalue weighted by Gasteiger charge is -2.52. The Kier molecular flexibility index (Phi) is 2.24. The van der Waals surface area contributed by atoms with Gasteiger partial charge in [-0.05, 0) is 72.6 Å². The van der Waals surface area contributed by atoms with Crippen LogP contribution in [-0.2, 0) is 24.4 Å². The summed E-state index contributed by atoms with van der Waals surface area (Å²) in [4.78, 5) is 0. The number of hydrogen-bond acceptors (Lipinski definition) is 5. The molecule has 5 nitrogen and oxygen atoms in total. The standard InChI is InChI=1S/C19H28O5S2/c1-14(2,3)25(20,21)18-12-16(18)10-7-8-11(9-10)17(16)13(24-12)19(17,18)26(22,23)15(4,5)6/h10-13H,7-9H2,1-6H3/t10-,11-,12-,13-,16-,17-,18+,19+/m0/s1. The average molecular weight is 401 g/mol. The van der Waals surface area contributed by atoms with Crippen LogP contribution in [0.4, 0.5) is 0 Å². The molecule has 0 aromatic heterocycles. The molecule has 0 radical (unpaired) electrons. The number of hydrogen-bond donors (Lipinski definition) is 0. The Labute approximate surface area is 156 Å². The molecule has 146 valence electrons. The largest absolute Gasteiger partial charge is 0.370 e. The van der Waals surface area contributed by atoms with E-state index in [1.165, 1.54) is 0 Å². The van der Waals surface area contributed by atoms with Crippen molar-refractivity contribution in [2.24, 2.45) is 22.7 Å². The van der Waals surface area contributed by atoms with Gasteiger partial charge in [-0.15, -0.1) is 0 Å². The van der Waals surface area contributed by atoms with Crippen molar-refractivity contribution in [1.82, 2.24) is 0 Å². The van der Waals surface area contributed by atoms with Crippen LogP contribution in [0, 0.1) is 22.7 Å². The molecule has 7 aliphatic rings. The Morgan fingerprint density at radius 3 is 1.38 bits per heavy atom. The second-order valence-electron chi connectivity index (χ2n) is 11.5. The van der Waals surface area contributed by atoms with E-state index < -0.39 is 61.7 Å². The second-order valence-corrected chi connectivity index (χ2v) is 17.3. The predicted molar refractivity (Wildman–Crippen MR) is 97.2 cm³/mol. The van der Waals surface area contributed by atoms with Gasteiger partial charge in [0.05, 0.1) is 21.7 Å². The quantitative estimate of drug-likeness (QED) is 0.709. The molecule has 0 N–H and O–H groups in total. The van der Waals surface area contributed by atoms with Crippen molar-refractivity contribution in [3.8, 4) is 0 Å². The Hall–Kier alpha value is -0.140. The van der Waals surface area contributed by atoms with Gasteiger partial charge in [-0.3, -0.25) is 0 Å². The van der Waals surface area contributed by atoms with Crippen LogP contribution < -0.4 is 0 Å². The molecule has 2 aliphatic heterocycles. The number of ether oxygens (including phenoxy) is 1. The molecule has 5 aliphatic carbocycles. The van der Waals surface area contributed by atoms with Gasteiger partial charge in [0.1, 0.15) is 9.49 Å². The molecule has 0 amide bonds. The average Bonchev–Trinajstić information content (AvgIpc) is 2.93. The summed E-state index contributed by atoms with van der Waals surface area (Å²) in [5.41, 5.74) is -0.809. The van der Waals surface area contributed by atoms with Crippen LogP contribution in [0.1, 0.15) is 60.8 Å². The number of fused-ring (bicyclic) bond motifs is 2. The van der Waals surface area contributed by atoms with E-state index >= 15 is 0 Å². The van der Waals surface area contributed by atoms with Gasteiger partial charge in [-0.2, -0.15) is 0 Å². The van der Waals surface area contributed by atoms with E-state index in [-0.39, 0.29) is 0 Å². The summed E-state index contributed by atoms with van der Waals surface area (Å²) in [6.45, 7) is 10.3. The maximum Gasteiger partial charge on any atom is 0.165 e. The first-order chi connectivity index (χ1) is 11.7. The molecule has 2 heterocycles. The predicted octanol–water partition coefficient (Wildman–Crippen LogP) is 2.10. The summed E-state index contributed by atoms with van der Waals surface area (Å²) < 4.78 is 57.6. The zero-order chi connectivity index (χ0) is 19.1. The fourth-order valence-corrected chi connectivity index (χ4v) is 15.7. The summed E-state index contributed by atoms with van der Waals surface area (Å²) in [6.07, 6.45) is 2.28. The lowest BCUT2D eigenvalue weighted by Crippen LogP contribution is -2.69. The van der Waals surface area contributed by atoms with E-state index in [4.69, 9.17) is 4.74 Å². The van der Waals surface area contributed by atoms with Gasteiger partial charge in [-0.25, -0.2) is 16.8 Å². The van der Waals surface area contributed by atoms with Crippen molar-refractivity contribution in [2.45, 2.75) is 92.0 Å². The van der Waals surface area contributed by atoms with Gasteiger partial charge in [0.25, 0.3) is 0 Å². The smallest absolute Gasteiger partial charge is 0.165 e. The first-order valence-corrected chi connectivity index (χ1v) is 12.8. The maximum atomic E-state index is 13.9. The van der Waals surface area contributed by atoms with Gasteiger partial charge < -0.3 is 4.74 Å². The van der Waals surface area contributed by atoms with Crippen LogP contribution in [0.25, 0.3) is 0 Å². The highest BCUT2D eigenvalue weighted by atomic mass is 32.2. The van der Waals surface area contributed by atoms with Crippen molar-refractivity contribution in [2.75, 3.05) is 0 Å². The van der Waals surface area contributed by atoms with Crippen LogP contribution >= 0.6 is 0 Å². The Balaban J connectivity index is 1.70. The van der Waals surface area contributed by atoms with E-state index in [9.17, 15) is 16.8 Å². The number of rotatable bonds is 2. The Morgan fingerprint density at radius 1 is 0.731 bits per heavy atom. The minimum Gasteiger partial charge on any atom is -0.370 e. The molecular formula is C19H28O5S2. The lowest BCUT2D eigenvalue weighted by molar-refractivity contribution is 0.0868. The minimum atomic E-state index is -3.68. The first kappa shape index (κ1) is 16.8. The van der Waals surface area contributed by atoms with Crippen LogP contribution in [-0.4, -0.2) is 48.0 Å². The van der Waals surface area contributed by atoms with Gasteiger partial charge in [0.2, 0.25) is 0 Å². The van der Waals surface area contributed by atoms with E-state index in [0.717, 1.165) is 19.3 Å². The molecule has 7 fully saturated rings. The summed E-state index contributed by atoms with van der Waals surface area (Å²) in [5.74, 6) is 0.649. The van der Waals surface area contributed by atoms with E-state index in [1.807, 2.05) is 0 Å². The first-order valence-electron chi connectivity index (χ1n) is 9.82. The molecule has 0 aromatic rings. The fraction of sp³-hybridized carbons (Fsp3) is 1.00. The van der Waals surface area contributed by atoms with Gasteiger partial charge >= 0.3 is 0 Å². The highest BCUT2D eigenvalue weighted by Gasteiger charge is 3.28. The van der Waals surface area contributed by atoms with Crippen LogP contribution in [0.2, 0.25) is 0 Å². The molecule has 2 spiro atoms. The summed E-state index contributed by atoms with van der Waals surface area (Å²) in [7, 11) is -7.35. The van der Waals surface area contributed by atoms with Crippen molar-refractivity contribution in [3.63, 3.8) is 0 Å². The maximum absolute atomic E-state index is 13.9. The molecule has 0 aromatic carbocycles. The summed E-state index contributed by atoms with van der Waals surface area (Å²) in [5, 5.41) is 0. The van der Waals surface area contributed by atoms with Crippen molar-refractivity contribution in [1.29, 1.82) is 0 Å². The molecule has 7 heteroatoms. The normalized spacial score (nSPS) is 58.2. The van der Waals surface area contributed by atoms with Crippen LogP contribution in [0.3, 0.4) is 0 Å². The molecular weight excluding hydrogens is 372 g/mol. The molecule has 26 heavy (non-hydrogen) atoms. The second kappa shape index (κ2) is 3.47. The monoisotopic (exact) mass is 400 g/mol. The highest BCUT2D eigenvalue weighted by molar-refractivity contribution is 7.99. The SMILES string of the molecule is CC(C)(C)S(=O)(=O)[C@]12[C@H]3O[C@H]4[C@]5([C@H]6CC[C@@H](C6)[C@]351)[C@]42S(=O)(=O)C(C)(C)C. The van der Waals surface area contributed by atoms with Gasteiger partial charge in [0.15, 0.2) is 19.7 Å². The third-order valence-corrected chi connectivity index (χ3v) is 16.1. The molecule has 7 rings (SSSR count). The highest BCUT2D eigenvalue weighted by Crippen LogP contribution is 3.13. The van der Waals surface area contributed by atoms with Crippen LogP contribution in [0.5, 0.6) is 0 Å². The fourth-order valence-electron chi connectivity index (χ4n) is 9.01. The molecule has 5 saturated carbocycles. The minimum absolute atomic E-state index is 0.324. The Bertz CT molecular complexity index is 920. The third kappa shape index (κ3) is 0.913. The third-order valence-electron chi connectivity index (χ3n) is 9.32. The lowest BCUT2D eigenvalue weighted by atomic mass is 9.63. The van der Waals surface area contributed by atoms with E-state index in [0.29, 0.717) is 11.8 Å². The number of sulfone groups is 2. The van der Waals surface area contributed by atoms with Gasteiger partial charge in [0, 0.05) is 10.8 Å². The van der Waals surface area contributed by atoms with Gasteiger partial charge in [-0.1, -0.05) is 0 Å². The summed E-state index contributed by atoms with van der Waals surface area (Å²) >= 11 is 0. The zero-order valence-corrected chi connectivity index (χ0v) is 17.9. The van der Waals surface area contributed by atoms with Crippen molar-refractivity contribution < 1.29 is 21.6 Å². The molecule has 0 unspecified atom stereocenters. The van der Waals surface area contributed by atoms with E-state index in [1.54, 1.807) is 41.5 Å². The Morgan fingerprint density at radius 2 is 1.08 bits per heavy atom. The summed E-state index contributed by atoms with van der Waals surface area (Å²) in [6, 6.07) is 0. The molecule has 8 atom stereocenters. The topological polar surface area (TPSA) is 77.5 Å². The van der Waals surface area contributed by atoms with Crippen LogP contribution in [0.15, 0.2) is 0 Å². The zero-order valence-electron chi connectivity index (χ0n) is 16.3. The van der Waals surface area contributed by atoms with Crippen molar-refractivity contribution in [3.05, 3.63) is 0 Å². The van der Waals surface area contributed by atoms with E-state index in [2.05, 4.69) is 0 Å².